The van der Waals surface area contributed by atoms with Crippen molar-refractivity contribution in [2.75, 3.05) is 0 Å². The molecule has 2 fully saturated rings. The van der Waals surface area contributed by atoms with Crippen LogP contribution < -0.4 is 0 Å². The Morgan fingerprint density at radius 3 is 2.50 bits per heavy atom. The van der Waals surface area contributed by atoms with Crippen LogP contribution in [0.25, 0.3) is 0 Å². The van der Waals surface area contributed by atoms with Crippen LogP contribution in [0.15, 0.2) is 24.8 Å². The second-order valence-corrected chi connectivity index (χ2v) is 2.84. The smallest absolute Gasteiger partial charge is 0.00740 e. The zero-order chi connectivity index (χ0) is 5.72. The number of hydrogen-bond donors (Lipinski definition) is 0. The summed E-state index contributed by atoms with van der Waals surface area (Å²) in [7, 11) is 0. The van der Waals surface area contributed by atoms with E-state index >= 15 is 0 Å². The lowest BCUT2D eigenvalue weighted by Gasteiger charge is -2.18. The van der Waals surface area contributed by atoms with Crippen molar-refractivity contribution in [3.63, 3.8) is 0 Å². The highest BCUT2D eigenvalue weighted by molar-refractivity contribution is 5.36. The molecular weight excluding hydrogens is 96.1 g/mol. The van der Waals surface area contributed by atoms with Crippen LogP contribution in [0.3, 0.4) is 0 Å². The van der Waals surface area contributed by atoms with Crippen LogP contribution in [0, 0.1) is 17.8 Å². The van der Waals surface area contributed by atoms with Crippen LogP contribution in [0.5, 0.6) is 0 Å². The summed E-state index contributed by atoms with van der Waals surface area (Å²) in [6.07, 6.45) is 3.41. The minimum Gasteiger partial charge on any atom is -0.103 e. The van der Waals surface area contributed by atoms with Crippen LogP contribution in [-0.4, -0.2) is 0 Å². The van der Waals surface area contributed by atoms with E-state index in [-0.39, 0.29) is 0 Å². The van der Waals surface area contributed by atoms with Gasteiger partial charge in [-0.1, -0.05) is 18.2 Å². The molecule has 3 unspecified atom stereocenters. The van der Waals surface area contributed by atoms with Gasteiger partial charge in [0.05, 0.1) is 0 Å². The fourth-order valence-corrected chi connectivity index (χ4v) is 1.76. The average molecular weight is 106 g/mol. The lowest BCUT2D eigenvalue weighted by atomic mass is 9.86. The zero-order valence-electron chi connectivity index (χ0n) is 4.93. The Labute approximate surface area is 49.9 Å². The molecule has 0 aliphatic heterocycles. The van der Waals surface area contributed by atoms with E-state index in [0.717, 1.165) is 17.8 Å². The molecule has 0 saturated heterocycles. The lowest BCUT2D eigenvalue weighted by Crippen LogP contribution is -2.11. The first-order valence-corrected chi connectivity index (χ1v) is 3.16. The molecular formula is C8H10. The van der Waals surface area contributed by atoms with Gasteiger partial charge in [-0.25, -0.2) is 0 Å². The molecule has 0 radical (unpaired) electrons. The molecule has 0 aromatic heterocycles. The van der Waals surface area contributed by atoms with Gasteiger partial charge in [0.1, 0.15) is 0 Å². The predicted octanol–water partition coefficient (Wildman–Crippen LogP) is 1.99. The Bertz CT molecular complexity index is 155. The summed E-state index contributed by atoms with van der Waals surface area (Å²) in [4.78, 5) is 0. The quantitative estimate of drug-likeness (QED) is 0.448. The monoisotopic (exact) mass is 106 g/mol. The van der Waals surface area contributed by atoms with Crippen LogP contribution in [0.1, 0.15) is 6.42 Å². The summed E-state index contributed by atoms with van der Waals surface area (Å²) < 4.78 is 0. The van der Waals surface area contributed by atoms with Crippen LogP contribution in [0.4, 0.5) is 0 Å². The van der Waals surface area contributed by atoms with Gasteiger partial charge in [0.2, 0.25) is 0 Å². The van der Waals surface area contributed by atoms with Crippen molar-refractivity contribution in [3.8, 4) is 0 Å². The maximum atomic E-state index is 3.94. The Morgan fingerprint density at radius 1 is 1.62 bits per heavy atom. The molecule has 0 spiro atoms. The van der Waals surface area contributed by atoms with E-state index in [1.165, 1.54) is 12.0 Å². The van der Waals surface area contributed by atoms with Crippen molar-refractivity contribution in [2.45, 2.75) is 6.42 Å². The molecule has 0 heterocycles. The Kier molecular flexibility index (Phi) is 0.585. The molecule has 0 N–H and O–H groups in total. The first-order valence-electron chi connectivity index (χ1n) is 3.16. The molecule has 2 saturated carbocycles. The first kappa shape index (κ1) is 4.37. The molecule has 3 atom stereocenters. The third-order valence-electron chi connectivity index (χ3n) is 2.52. The molecule has 0 amide bonds. The molecule has 2 rings (SSSR count). The minimum absolute atomic E-state index is 0.799. The Morgan fingerprint density at radius 2 is 2.38 bits per heavy atom. The van der Waals surface area contributed by atoms with Crippen molar-refractivity contribution in [2.24, 2.45) is 17.8 Å². The molecule has 0 nitrogen and oxygen atoms in total. The predicted molar refractivity (Wildman–Crippen MR) is 34.4 cm³/mol. The normalized spacial score (nSPS) is 49.5. The average Bonchev–Trinajstić information content (AvgIpc) is 2.09. The molecule has 2 aliphatic carbocycles. The summed E-state index contributed by atoms with van der Waals surface area (Å²) in [6, 6.07) is 0. The van der Waals surface area contributed by atoms with Gasteiger partial charge in [-0.05, 0) is 24.2 Å². The fourth-order valence-electron chi connectivity index (χ4n) is 1.76. The van der Waals surface area contributed by atoms with E-state index < -0.39 is 0 Å². The van der Waals surface area contributed by atoms with E-state index in [1.54, 1.807) is 0 Å². The standard InChI is InChI=1S/C8H10/c1-3-6-4-7-5(2)8(6)7/h3,6-8H,1-2,4H2. The Balaban J connectivity index is 2.11. The van der Waals surface area contributed by atoms with E-state index in [0.29, 0.717) is 0 Å². The van der Waals surface area contributed by atoms with E-state index in [2.05, 4.69) is 19.2 Å². The number of rotatable bonds is 1. The second-order valence-electron chi connectivity index (χ2n) is 2.84. The van der Waals surface area contributed by atoms with Crippen molar-refractivity contribution < 1.29 is 0 Å². The maximum Gasteiger partial charge on any atom is -0.00740 e. The molecule has 2 aliphatic rings. The largest absolute Gasteiger partial charge is 0.103 e. The maximum absolute atomic E-state index is 3.94. The first-order chi connectivity index (χ1) is 3.84. The van der Waals surface area contributed by atoms with Gasteiger partial charge in [-0.15, -0.1) is 6.58 Å². The highest BCUT2D eigenvalue weighted by atomic mass is 14.6. The summed E-state index contributed by atoms with van der Waals surface area (Å²) in [5.74, 6) is 2.58. The van der Waals surface area contributed by atoms with Crippen molar-refractivity contribution in [1.82, 2.24) is 0 Å². The van der Waals surface area contributed by atoms with Gasteiger partial charge in [0.15, 0.2) is 0 Å². The molecule has 0 aromatic carbocycles. The van der Waals surface area contributed by atoms with Crippen LogP contribution >= 0.6 is 0 Å². The van der Waals surface area contributed by atoms with Crippen molar-refractivity contribution in [3.05, 3.63) is 24.8 Å². The summed E-state index contributed by atoms with van der Waals surface area (Å²) in [5, 5.41) is 0. The SMILES string of the molecule is C=CC1CC2C(=C)C12. The lowest BCUT2D eigenvalue weighted by molar-refractivity contribution is 0.357. The number of allylic oxidation sites excluding steroid dienone is 2. The highest BCUT2D eigenvalue weighted by Gasteiger charge is 2.55. The second kappa shape index (κ2) is 1.07. The minimum atomic E-state index is 0.799. The topological polar surface area (TPSA) is 0 Å². The molecule has 0 bridgehead atoms. The number of fused-ring (bicyclic) bond motifs is 1. The van der Waals surface area contributed by atoms with Gasteiger partial charge in [0, 0.05) is 0 Å². The van der Waals surface area contributed by atoms with Crippen LogP contribution in [-0.2, 0) is 0 Å². The van der Waals surface area contributed by atoms with Crippen molar-refractivity contribution in [1.29, 1.82) is 0 Å². The molecule has 42 valence electrons. The van der Waals surface area contributed by atoms with E-state index in [4.69, 9.17) is 0 Å². The Hall–Kier alpha value is -0.520. The third kappa shape index (κ3) is 0.290. The summed E-state index contributed by atoms with van der Waals surface area (Å²) >= 11 is 0. The highest BCUT2D eigenvalue weighted by Crippen LogP contribution is 2.63. The van der Waals surface area contributed by atoms with Crippen LogP contribution in [0.2, 0.25) is 0 Å². The van der Waals surface area contributed by atoms with Crippen molar-refractivity contribution >= 4 is 0 Å². The summed E-state index contributed by atoms with van der Waals surface area (Å²) in [6.45, 7) is 7.69. The molecule has 0 heteroatoms. The van der Waals surface area contributed by atoms with Gasteiger partial charge >= 0.3 is 0 Å². The van der Waals surface area contributed by atoms with E-state index in [9.17, 15) is 0 Å². The van der Waals surface area contributed by atoms with Gasteiger partial charge in [-0.3, -0.25) is 0 Å². The zero-order valence-corrected chi connectivity index (χ0v) is 4.93. The third-order valence-corrected chi connectivity index (χ3v) is 2.52. The molecule has 0 aromatic rings. The number of hydrogen-bond acceptors (Lipinski definition) is 0. The fraction of sp³-hybridized carbons (Fsp3) is 0.500. The summed E-state index contributed by atoms with van der Waals surface area (Å²) in [5.41, 5.74) is 1.48. The van der Waals surface area contributed by atoms with E-state index in [1.807, 2.05) is 0 Å². The van der Waals surface area contributed by atoms with Gasteiger partial charge < -0.3 is 0 Å². The van der Waals surface area contributed by atoms with Gasteiger partial charge in [0.25, 0.3) is 0 Å². The van der Waals surface area contributed by atoms with Gasteiger partial charge in [-0.2, -0.15) is 0 Å². The molecule has 8 heavy (non-hydrogen) atoms.